The van der Waals surface area contributed by atoms with Crippen molar-refractivity contribution in [1.29, 1.82) is 0 Å². The number of rotatable bonds is 10. The van der Waals surface area contributed by atoms with E-state index in [9.17, 15) is 14.7 Å². The highest BCUT2D eigenvalue weighted by Crippen LogP contribution is 2.43. The first-order valence-electron chi connectivity index (χ1n) is 18.1. The molecule has 53 heavy (non-hydrogen) atoms. The normalized spacial score (nSPS) is 18.8. The van der Waals surface area contributed by atoms with Crippen LogP contribution in [-0.4, -0.2) is 78.5 Å². The van der Waals surface area contributed by atoms with Crippen LogP contribution in [-0.2, 0) is 10.8 Å². The molecule has 7 rings (SSSR count). The number of aromatic nitrogens is 1. The fourth-order valence-electron chi connectivity index (χ4n) is 8.39. The molecule has 0 saturated carbocycles. The predicted molar refractivity (Wildman–Crippen MR) is 202 cm³/mol. The Balaban J connectivity index is 1.24. The van der Waals surface area contributed by atoms with E-state index in [1.54, 1.807) is 4.90 Å². The summed E-state index contributed by atoms with van der Waals surface area (Å²) in [5, 5.41) is 11.8. The Morgan fingerprint density at radius 3 is 2.06 bits per heavy atom. The second kappa shape index (κ2) is 14.3. The molecule has 2 N–H and O–H groups in total. The van der Waals surface area contributed by atoms with E-state index in [-0.39, 0.29) is 48.4 Å². The van der Waals surface area contributed by atoms with Gasteiger partial charge in [-0.3, -0.25) is 9.69 Å². The predicted octanol–water partition coefficient (Wildman–Crippen LogP) is 7.49. The zero-order chi connectivity index (χ0) is 37.7. The van der Waals surface area contributed by atoms with Crippen molar-refractivity contribution in [3.8, 4) is 0 Å². The number of likely N-dealkylation sites (tertiary alicyclic amines) is 1. The second-order valence-electron chi connectivity index (χ2n) is 15.4. The molecule has 0 spiro atoms. The summed E-state index contributed by atoms with van der Waals surface area (Å²) in [6.07, 6.45) is -2.14. The molecule has 276 valence electrons. The first-order valence-corrected chi connectivity index (χ1v) is 20.0. The summed E-state index contributed by atoms with van der Waals surface area (Å²) in [7, 11) is -3.06. The Bertz CT molecular complexity index is 2070. The zero-order valence-electron chi connectivity index (χ0n) is 30.3. The third-order valence-electron chi connectivity index (χ3n) is 11.0. The van der Waals surface area contributed by atoms with Crippen LogP contribution in [0.1, 0.15) is 60.9 Å². The SMILES string of the molecule is C[C@@H]1Cc2c([nH]c3ccccc23)[C@@H](c2c(F)cc(C(=O)C3CN(C(=O)O)C3)cc2F)N1CC(F)CO[Si](c1ccccc1)(c1ccccc1)C(C)(C)C. The number of Topliss-reactive ketones (excluding diaryl/α,β-unsaturated/α-hetero) is 1. The Morgan fingerprint density at radius 1 is 0.925 bits per heavy atom. The van der Waals surface area contributed by atoms with E-state index in [1.165, 1.54) is 0 Å². The maximum Gasteiger partial charge on any atom is 0.407 e. The molecule has 1 fully saturated rings. The van der Waals surface area contributed by atoms with Gasteiger partial charge in [0.15, 0.2) is 5.78 Å². The molecule has 1 aromatic heterocycles. The van der Waals surface area contributed by atoms with Crippen LogP contribution in [0, 0.1) is 17.6 Å². The monoisotopic (exact) mass is 739 g/mol. The van der Waals surface area contributed by atoms with Crippen LogP contribution in [0.2, 0.25) is 5.04 Å². The van der Waals surface area contributed by atoms with Crippen LogP contribution in [0.15, 0.2) is 97.1 Å². The van der Waals surface area contributed by atoms with Crippen LogP contribution >= 0.6 is 0 Å². The minimum absolute atomic E-state index is 0.0284. The fraction of sp³-hybridized carbons (Fsp3) is 0.333. The number of H-pyrrole nitrogens is 1. The number of ketones is 1. The van der Waals surface area contributed by atoms with Crippen molar-refractivity contribution < 1.29 is 32.3 Å². The molecule has 0 radical (unpaired) electrons. The largest absolute Gasteiger partial charge is 0.465 e. The molecular formula is C42H44F3N3O4Si. The number of carbonyl (C=O) groups is 2. The van der Waals surface area contributed by atoms with Crippen LogP contribution in [0.5, 0.6) is 0 Å². The number of carbonyl (C=O) groups excluding carboxylic acids is 1. The van der Waals surface area contributed by atoms with Crippen molar-refractivity contribution in [2.24, 2.45) is 5.92 Å². The minimum atomic E-state index is -3.06. The average Bonchev–Trinajstić information content (AvgIpc) is 3.47. The fourth-order valence-corrected chi connectivity index (χ4v) is 13.0. The van der Waals surface area contributed by atoms with Crippen LogP contribution in [0.3, 0.4) is 0 Å². The first-order chi connectivity index (χ1) is 25.3. The highest BCUT2D eigenvalue weighted by Gasteiger charge is 2.51. The lowest BCUT2D eigenvalue weighted by atomic mass is 9.86. The molecule has 0 bridgehead atoms. The third-order valence-corrected chi connectivity index (χ3v) is 16.0. The number of nitrogens with one attached hydrogen (secondary N) is 1. The molecule has 4 aromatic carbocycles. The summed E-state index contributed by atoms with van der Waals surface area (Å²) in [5.41, 5.74) is 1.87. The molecule has 1 saturated heterocycles. The number of hydrogen-bond donors (Lipinski definition) is 2. The van der Waals surface area contributed by atoms with Crippen molar-refractivity contribution in [3.63, 3.8) is 0 Å². The van der Waals surface area contributed by atoms with Gasteiger partial charge < -0.3 is 19.4 Å². The second-order valence-corrected chi connectivity index (χ2v) is 19.7. The summed E-state index contributed by atoms with van der Waals surface area (Å²) < 4.78 is 56.4. The summed E-state index contributed by atoms with van der Waals surface area (Å²) in [6.45, 7) is 7.87. The smallest absolute Gasteiger partial charge is 0.407 e. The van der Waals surface area contributed by atoms with Gasteiger partial charge in [-0.2, -0.15) is 0 Å². The van der Waals surface area contributed by atoms with Crippen LogP contribution in [0.25, 0.3) is 10.9 Å². The van der Waals surface area contributed by atoms with Gasteiger partial charge in [0.25, 0.3) is 8.32 Å². The molecule has 2 aliphatic rings. The third kappa shape index (κ3) is 6.59. The average molecular weight is 740 g/mol. The van der Waals surface area contributed by atoms with Crippen molar-refractivity contribution in [3.05, 3.63) is 131 Å². The standard InChI is InChI=1S/C42H44F3N3O4Si/c1-26-19-33-32-17-11-12-18-36(32)46-38(33)39(37-34(44)20-27(21-35(37)45)40(49)28-22-47(23-28)41(50)51)48(26)24-29(43)25-52-53(42(2,3)4,30-13-7-5-8-14-30)31-15-9-6-10-16-31/h5-18,20-21,26,28-29,39,46H,19,22-25H2,1-4H3,(H,50,51)/t26-,29?,39-/m1/s1. The number of fused-ring (bicyclic) bond motifs is 3. The lowest BCUT2D eigenvalue weighted by Crippen LogP contribution is -2.67. The molecule has 3 heterocycles. The van der Waals surface area contributed by atoms with E-state index in [0.717, 1.165) is 43.9 Å². The quantitative estimate of drug-likeness (QED) is 0.115. The zero-order valence-corrected chi connectivity index (χ0v) is 31.3. The Morgan fingerprint density at radius 2 is 1.49 bits per heavy atom. The number of carboxylic acid groups (broad SMARTS) is 1. The first kappa shape index (κ1) is 36.6. The highest BCUT2D eigenvalue weighted by atomic mass is 28.4. The molecule has 0 aliphatic carbocycles. The van der Waals surface area contributed by atoms with Gasteiger partial charge in [0.1, 0.15) is 17.8 Å². The molecule has 1 amide bonds. The van der Waals surface area contributed by atoms with E-state index < -0.39 is 50.0 Å². The summed E-state index contributed by atoms with van der Waals surface area (Å²) in [6, 6.07) is 28.4. The Hall–Kier alpha value is -4.71. The topological polar surface area (TPSA) is 85.9 Å². The van der Waals surface area contributed by atoms with Gasteiger partial charge in [0.2, 0.25) is 0 Å². The summed E-state index contributed by atoms with van der Waals surface area (Å²) in [4.78, 5) is 30.7. The number of halogens is 3. The van der Waals surface area contributed by atoms with Crippen molar-refractivity contribution >= 4 is 41.5 Å². The number of amides is 1. The van der Waals surface area contributed by atoms with E-state index >= 15 is 13.2 Å². The molecule has 3 atom stereocenters. The Kier molecular flexibility index (Phi) is 9.86. The van der Waals surface area contributed by atoms with E-state index in [0.29, 0.717) is 12.1 Å². The number of para-hydroxylation sites is 1. The van der Waals surface area contributed by atoms with Gasteiger partial charge in [-0.25, -0.2) is 18.0 Å². The maximum atomic E-state index is 16.7. The number of nitrogens with zero attached hydrogens (tertiary/aromatic N) is 2. The highest BCUT2D eigenvalue weighted by molar-refractivity contribution is 6.99. The molecule has 2 aliphatic heterocycles. The molecular weight excluding hydrogens is 696 g/mol. The minimum Gasteiger partial charge on any atom is -0.465 e. The number of benzene rings is 4. The van der Waals surface area contributed by atoms with Gasteiger partial charge >= 0.3 is 6.09 Å². The Labute approximate surface area is 308 Å². The maximum absolute atomic E-state index is 16.7. The van der Waals surface area contributed by atoms with Gasteiger partial charge in [-0.1, -0.05) is 99.6 Å². The number of aromatic amines is 1. The molecule has 5 aromatic rings. The van der Waals surface area contributed by atoms with Crippen molar-refractivity contribution in [2.45, 2.75) is 57.4 Å². The van der Waals surface area contributed by atoms with Gasteiger partial charge in [0, 0.05) is 53.4 Å². The van der Waals surface area contributed by atoms with Crippen molar-refractivity contribution in [2.75, 3.05) is 26.2 Å². The van der Waals surface area contributed by atoms with Crippen LogP contribution < -0.4 is 10.4 Å². The number of hydrogen-bond acceptors (Lipinski definition) is 4. The van der Waals surface area contributed by atoms with Gasteiger partial charge in [-0.15, -0.1) is 0 Å². The van der Waals surface area contributed by atoms with Crippen molar-refractivity contribution in [1.82, 2.24) is 14.8 Å². The summed E-state index contributed by atoms with van der Waals surface area (Å²) >= 11 is 0. The molecule has 7 nitrogen and oxygen atoms in total. The van der Waals surface area contributed by atoms with E-state index in [1.807, 2.05) is 91.9 Å². The van der Waals surface area contributed by atoms with Gasteiger partial charge in [0.05, 0.1) is 18.6 Å². The molecule has 1 unspecified atom stereocenters. The number of alkyl halides is 1. The molecule has 11 heteroatoms. The van der Waals surface area contributed by atoms with Gasteiger partial charge in [-0.05, 0) is 52.5 Å². The lowest BCUT2D eigenvalue weighted by Gasteiger charge is -2.44. The van der Waals surface area contributed by atoms with E-state index in [4.69, 9.17) is 4.43 Å². The lowest BCUT2D eigenvalue weighted by molar-refractivity contribution is 0.0609. The van der Waals surface area contributed by atoms with E-state index in [2.05, 4.69) is 25.8 Å². The summed E-state index contributed by atoms with van der Waals surface area (Å²) in [5.74, 6) is -3.03. The van der Waals surface area contributed by atoms with Crippen LogP contribution in [0.4, 0.5) is 18.0 Å².